The van der Waals surface area contributed by atoms with E-state index in [1.165, 1.54) is 7.11 Å². The van der Waals surface area contributed by atoms with Gasteiger partial charge in [0, 0.05) is 34.9 Å². The lowest BCUT2D eigenvalue weighted by Gasteiger charge is -1.87. The van der Waals surface area contributed by atoms with Crippen LogP contribution in [0.15, 0.2) is 0 Å². The van der Waals surface area contributed by atoms with Gasteiger partial charge in [0.15, 0.2) is 0 Å². The molecule has 0 saturated heterocycles. The molecule has 0 aliphatic rings. The van der Waals surface area contributed by atoms with Gasteiger partial charge in [0.25, 0.3) is 0 Å². The van der Waals surface area contributed by atoms with Crippen LogP contribution in [0.2, 0.25) is 0 Å². The molecule has 0 saturated carbocycles. The Balaban J connectivity index is 0. The zero-order valence-corrected chi connectivity index (χ0v) is 8.77. The Morgan fingerprint density at radius 1 is 1.55 bits per heavy atom. The molecular weight excluding hydrogens is 234 g/mol. The van der Waals surface area contributed by atoms with Crippen LogP contribution < -0.4 is 0 Å². The summed E-state index contributed by atoms with van der Waals surface area (Å²) in [6.07, 6.45) is 0.304. The molecule has 0 atom stereocenters. The van der Waals surface area contributed by atoms with E-state index >= 15 is 0 Å². The molecule has 0 bridgehead atoms. The first kappa shape index (κ1) is 14.2. The summed E-state index contributed by atoms with van der Waals surface area (Å²) in [4.78, 5) is 9.89. The first-order valence-corrected chi connectivity index (χ1v) is 5.60. The topological polar surface area (TPSA) is 43.4 Å². The average molecular weight is 242 g/mol. The zero-order valence-electron chi connectivity index (χ0n) is 5.68. The van der Waals surface area contributed by atoms with Crippen molar-refractivity contribution in [2.24, 2.45) is 0 Å². The Bertz CT molecular complexity index is 126. The first-order valence-electron chi connectivity index (χ1n) is 2.42. The maximum atomic E-state index is 9.89. The second-order valence-electron chi connectivity index (χ2n) is 1.28. The van der Waals surface area contributed by atoms with Crippen LogP contribution >= 0.6 is 33.0 Å². The molecule has 0 aromatic carbocycles. The molecule has 0 amide bonds. The van der Waals surface area contributed by atoms with Crippen molar-refractivity contribution >= 4 is 47.4 Å². The number of carbonyl (C=O) groups is 1. The number of hydrogen-bond donors (Lipinski definition) is 0. The lowest BCUT2D eigenvalue weighted by molar-refractivity contribution is -0.112. The molecule has 0 aliphatic heterocycles. The molecule has 0 unspecified atom stereocenters. The van der Waals surface area contributed by atoms with E-state index in [0.717, 1.165) is 0 Å². The highest BCUT2D eigenvalue weighted by molar-refractivity contribution is 8.26. The van der Waals surface area contributed by atoms with Gasteiger partial charge in [-0.05, 0) is 11.6 Å². The van der Waals surface area contributed by atoms with E-state index in [1.807, 2.05) is 0 Å². The molecule has 0 aliphatic carbocycles. The summed E-state index contributed by atoms with van der Waals surface area (Å²) in [5.74, 6) is 0. The fourth-order valence-electron chi connectivity index (χ4n) is 0.182. The summed E-state index contributed by atoms with van der Waals surface area (Å²) >= 11 is 4.94. The van der Waals surface area contributed by atoms with Crippen molar-refractivity contribution in [2.75, 3.05) is 13.7 Å². The molecule has 3 nitrogen and oxygen atoms in total. The molecule has 0 rings (SSSR count). The van der Waals surface area contributed by atoms with Gasteiger partial charge in [-0.25, -0.2) is 4.21 Å². The maximum absolute atomic E-state index is 9.89. The van der Waals surface area contributed by atoms with Crippen LogP contribution in [0.1, 0.15) is 6.42 Å². The molecule has 0 heterocycles. The average Bonchev–Trinajstić information content (AvgIpc) is 1.82. The standard InChI is InChI=1S/C4H7ClO2.Cl2OS/c1-7-3-2-4(5)6;1-4(2)3/h2-3H2,1H3;. The largest absolute Gasteiger partial charge is 0.384 e. The van der Waals surface area contributed by atoms with Gasteiger partial charge in [0.2, 0.25) is 14.5 Å². The summed E-state index contributed by atoms with van der Waals surface area (Å²) in [6.45, 7) is 0.419. The van der Waals surface area contributed by atoms with Gasteiger partial charge in [0.05, 0.1) is 6.61 Å². The predicted octanol–water partition coefficient (Wildman–Crippen LogP) is 1.83. The highest BCUT2D eigenvalue weighted by Crippen LogP contribution is 1.89. The minimum atomic E-state index is -1.67. The second-order valence-corrected chi connectivity index (χ2v) is 4.23. The van der Waals surface area contributed by atoms with Gasteiger partial charge >= 0.3 is 0 Å². The van der Waals surface area contributed by atoms with E-state index in [0.29, 0.717) is 13.0 Å². The van der Waals surface area contributed by atoms with Crippen LogP contribution in [0.5, 0.6) is 0 Å². The van der Waals surface area contributed by atoms with E-state index in [1.54, 1.807) is 0 Å². The van der Waals surface area contributed by atoms with Gasteiger partial charge in [-0.15, -0.1) is 0 Å². The third-order valence-electron chi connectivity index (χ3n) is 0.503. The predicted molar refractivity (Wildman–Crippen MR) is 47.2 cm³/mol. The van der Waals surface area contributed by atoms with E-state index in [-0.39, 0.29) is 5.24 Å². The van der Waals surface area contributed by atoms with E-state index in [9.17, 15) is 4.79 Å². The van der Waals surface area contributed by atoms with Crippen LogP contribution in [0.25, 0.3) is 0 Å². The Hall–Kier alpha value is 0.650. The fraction of sp³-hybridized carbons (Fsp3) is 0.750. The minimum absolute atomic E-state index is 0.304. The number of methoxy groups -OCH3 is 1. The normalized spacial score (nSPS) is 8.82. The van der Waals surface area contributed by atoms with Gasteiger partial charge in [-0.2, -0.15) is 0 Å². The van der Waals surface area contributed by atoms with Crippen molar-refractivity contribution in [3.63, 3.8) is 0 Å². The lowest BCUT2D eigenvalue weighted by atomic mass is 10.5. The second kappa shape index (κ2) is 10.7. The molecule has 0 aromatic heterocycles. The summed E-state index contributed by atoms with van der Waals surface area (Å²) in [6, 6.07) is 0. The molecule has 11 heavy (non-hydrogen) atoms. The van der Waals surface area contributed by atoms with Crippen molar-refractivity contribution in [1.29, 1.82) is 0 Å². The molecule has 7 heteroatoms. The quantitative estimate of drug-likeness (QED) is 0.708. The Kier molecular flexibility index (Phi) is 13.7. The first-order chi connectivity index (χ1) is 5.00. The van der Waals surface area contributed by atoms with Crippen LogP contribution in [-0.4, -0.2) is 23.2 Å². The maximum Gasteiger partial charge on any atom is 0.223 e. The highest BCUT2D eigenvalue weighted by atomic mass is 36.0. The van der Waals surface area contributed by atoms with Gasteiger partial charge < -0.3 is 4.74 Å². The van der Waals surface area contributed by atoms with Gasteiger partial charge in [-0.1, -0.05) is 0 Å². The molecule has 68 valence electrons. The Morgan fingerprint density at radius 2 is 1.91 bits per heavy atom. The van der Waals surface area contributed by atoms with Gasteiger partial charge in [0.1, 0.15) is 0 Å². The van der Waals surface area contributed by atoms with Gasteiger partial charge in [-0.3, -0.25) is 4.79 Å². The van der Waals surface area contributed by atoms with Crippen molar-refractivity contribution in [3.8, 4) is 0 Å². The number of ether oxygens (including phenoxy) is 1. The Labute approximate surface area is 81.4 Å². The van der Waals surface area contributed by atoms with Crippen molar-refractivity contribution < 1.29 is 13.7 Å². The fourth-order valence-corrected chi connectivity index (χ4v) is 0.259. The summed E-state index contributed by atoms with van der Waals surface area (Å²) in [5, 5.41) is -0.346. The van der Waals surface area contributed by atoms with Crippen LogP contribution in [0.4, 0.5) is 0 Å². The monoisotopic (exact) mass is 240 g/mol. The summed E-state index contributed by atoms with van der Waals surface area (Å²) in [5.41, 5.74) is 0. The van der Waals surface area contributed by atoms with Crippen LogP contribution in [0, 0.1) is 0 Å². The zero-order chi connectivity index (χ0) is 9.28. The SMILES string of the molecule is COCCC(=O)Cl.O=S(Cl)Cl. The van der Waals surface area contributed by atoms with E-state index in [4.69, 9.17) is 15.8 Å². The molecule has 0 fully saturated rings. The van der Waals surface area contributed by atoms with Crippen LogP contribution in [-0.2, 0) is 18.8 Å². The molecular formula is C4H7Cl3O3S. The number of carbonyl (C=O) groups excluding carboxylic acids is 1. The third-order valence-corrected chi connectivity index (χ3v) is 0.692. The number of rotatable bonds is 3. The minimum Gasteiger partial charge on any atom is -0.384 e. The van der Waals surface area contributed by atoms with Crippen molar-refractivity contribution in [2.45, 2.75) is 6.42 Å². The van der Waals surface area contributed by atoms with E-state index < -0.39 is 9.23 Å². The van der Waals surface area contributed by atoms with E-state index in [2.05, 4.69) is 26.1 Å². The molecule has 0 N–H and O–H groups in total. The highest BCUT2D eigenvalue weighted by Gasteiger charge is 1.90. The Morgan fingerprint density at radius 3 is 2.00 bits per heavy atom. The molecule has 0 radical (unpaired) electrons. The number of hydrogen-bond acceptors (Lipinski definition) is 3. The summed E-state index contributed by atoms with van der Waals surface area (Å²) < 4.78 is 13.6. The summed E-state index contributed by atoms with van der Waals surface area (Å²) in [7, 11) is 8.89. The lowest BCUT2D eigenvalue weighted by Crippen LogP contribution is -1.93. The smallest absolute Gasteiger partial charge is 0.223 e. The molecule has 0 spiro atoms. The molecule has 0 aromatic rings. The van der Waals surface area contributed by atoms with Crippen molar-refractivity contribution in [3.05, 3.63) is 0 Å². The third kappa shape index (κ3) is 36.9. The number of halogens is 3. The van der Waals surface area contributed by atoms with Crippen molar-refractivity contribution in [1.82, 2.24) is 0 Å². The van der Waals surface area contributed by atoms with Crippen LogP contribution in [0.3, 0.4) is 0 Å².